The van der Waals surface area contributed by atoms with Crippen LogP contribution in [-0.4, -0.2) is 52.4 Å². The average molecular weight is 785 g/mol. The van der Waals surface area contributed by atoms with Gasteiger partial charge < -0.3 is 21.3 Å². The van der Waals surface area contributed by atoms with Gasteiger partial charge in [-0.25, -0.2) is 0 Å². The van der Waals surface area contributed by atoms with Crippen molar-refractivity contribution in [2.24, 2.45) is 0 Å². The van der Waals surface area contributed by atoms with Crippen LogP contribution in [0.2, 0.25) is 0 Å². The molecule has 0 atom stereocenters. The first kappa shape index (κ1) is 62.7. The Morgan fingerprint density at radius 1 is 0.189 bits per heavy atom. The van der Waals surface area contributed by atoms with Crippen LogP contribution in [0.25, 0.3) is 21.3 Å². The summed E-state index contributed by atoms with van der Waals surface area (Å²) >= 11 is 0. The molecular formula is C48H104N4Ti. The van der Waals surface area contributed by atoms with Crippen LogP contribution >= 0.6 is 0 Å². The zero-order chi connectivity index (χ0) is 39.1. The van der Waals surface area contributed by atoms with E-state index in [1.165, 1.54) is 205 Å². The molecule has 0 aromatic rings. The van der Waals surface area contributed by atoms with E-state index in [4.69, 9.17) is 0 Å². The van der Waals surface area contributed by atoms with Crippen molar-refractivity contribution in [3.8, 4) is 0 Å². The van der Waals surface area contributed by atoms with Crippen LogP contribution in [0.5, 0.6) is 0 Å². The van der Waals surface area contributed by atoms with Gasteiger partial charge in [0.2, 0.25) is 0 Å². The molecule has 0 saturated carbocycles. The van der Waals surface area contributed by atoms with Crippen molar-refractivity contribution in [2.75, 3.05) is 52.4 Å². The minimum atomic E-state index is 0. The van der Waals surface area contributed by atoms with Crippen LogP contribution in [0.3, 0.4) is 0 Å². The molecule has 0 amide bonds. The molecule has 4 nitrogen and oxygen atoms in total. The van der Waals surface area contributed by atoms with Crippen molar-refractivity contribution in [1.82, 2.24) is 0 Å². The maximum atomic E-state index is 4.32. The van der Waals surface area contributed by atoms with E-state index in [-0.39, 0.29) is 21.7 Å². The molecule has 0 radical (unpaired) electrons. The molecule has 320 valence electrons. The van der Waals surface area contributed by atoms with Crippen LogP contribution in [0.4, 0.5) is 0 Å². The summed E-state index contributed by atoms with van der Waals surface area (Å²) < 4.78 is 0. The summed E-state index contributed by atoms with van der Waals surface area (Å²) in [5.41, 5.74) is 0. The van der Waals surface area contributed by atoms with Gasteiger partial charge in [0.05, 0.1) is 0 Å². The Balaban J connectivity index is -0.000000192. The largest absolute Gasteiger partial charge is 4.00 e. The van der Waals surface area contributed by atoms with E-state index in [2.05, 4.69) is 76.7 Å². The summed E-state index contributed by atoms with van der Waals surface area (Å²) in [6.45, 7) is 25.9. The molecular weight excluding hydrogens is 680 g/mol. The van der Waals surface area contributed by atoms with Crippen molar-refractivity contribution in [1.29, 1.82) is 0 Å². The normalized spacial score (nSPS) is 10.4. The van der Waals surface area contributed by atoms with E-state index < -0.39 is 0 Å². The van der Waals surface area contributed by atoms with Crippen molar-refractivity contribution in [2.45, 2.75) is 261 Å². The molecule has 53 heavy (non-hydrogen) atoms. The maximum Gasteiger partial charge on any atom is 4.00 e. The molecule has 0 aliphatic carbocycles. The predicted molar refractivity (Wildman–Crippen MR) is 246 cm³/mol. The molecule has 0 N–H and O–H groups in total. The zero-order valence-corrected chi connectivity index (χ0v) is 40.1. The average Bonchev–Trinajstić information content (AvgIpc) is 3.16. The van der Waals surface area contributed by atoms with Crippen LogP contribution in [0, 0.1) is 0 Å². The summed E-state index contributed by atoms with van der Waals surface area (Å²) in [5, 5.41) is 17.3. The molecule has 0 aliphatic heterocycles. The fourth-order valence-corrected chi connectivity index (χ4v) is 6.06. The Kier molecular flexibility index (Phi) is 83.3. The first-order chi connectivity index (χ1) is 25.7. The van der Waals surface area contributed by atoms with E-state index in [0.29, 0.717) is 0 Å². The van der Waals surface area contributed by atoms with Gasteiger partial charge in [0.25, 0.3) is 0 Å². The van der Waals surface area contributed by atoms with Gasteiger partial charge in [-0.2, -0.15) is 26.2 Å². The van der Waals surface area contributed by atoms with Gasteiger partial charge >= 0.3 is 21.7 Å². The summed E-state index contributed by atoms with van der Waals surface area (Å²) in [6.07, 6.45) is 44.8. The van der Waals surface area contributed by atoms with Crippen LogP contribution < -0.4 is 0 Å². The predicted octanol–water partition coefficient (Wildman–Crippen LogP) is 18.1. The van der Waals surface area contributed by atoms with Crippen LogP contribution in [0.15, 0.2) is 0 Å². The van der Waals surface area contributed by atoms with Crippen molar-refractivity contribution in [3.05, 3.63) is 21.3 Å². The van der Waals surface area contributed by atoms with Gasteiger partial charge in [-0.05, 0) is 0 Å². The van der Waals surface area contributed by atoms with Crippen molar-refractivity contribution < 1.29 is 21.7 Å². The Morgan fingerprint density at radius 3 is 0.453 bits per heavy atom. The number of hydrogen-bond acceptors (Lipinski definition) is 0. The van der Waals surface area contributed by atoms with E-state index in [0.717, 1.165) is 52.4 Å². The molecule has 0 rings (SSSR count). The molecule has 0 saturated heterocycles. The Morgan fingerprint density at radius 2 is 0.321 bits per heavy atom. The molecule has 5 heteroatoms. The standard InChI is InChI=1S/4C12H26N.Ti/c4*1-3-5-6-7-8-9-10-11-12-13-4-2;/h4*3-12H2,1-2H3;/q4*-1;+4. The third kappa shape index (κ3) is 81.7. The molecule has 0 bridgehead atoms. The number of rotatable bonds is 40. The first-order valence-corrected chi connectivity index (χ1v) is 24.2. The minimum Gasteiger partial charge on any atom is -0.662 e. The van der Waals surface area contributed by atoms with Gasteiger partial charge in [-0.15, -0.1) is 26.2 Å². The second-order valence-electron chi connectivity index (χ2n) is 15.0. The Bertz CT molecular complexity index is 380. The quantitative estimate of drug-likeness (QED) is 0.0439. The van der Waals surface area contributed by atoms with Gasteiger partial charge in [0.1, 0.15) is 0 Å². The van der Waals surface area contributed by atoms with E-state index in [1.54, 1.807) is 0 Å². The molecule has 0 aliphatic rings. The number of unbranched alkanes of at least 4 members (excludes halogenated alkanes) is 28. The zero-order valence-electron chi connectivity index (χ0n) is 38.6. The summed E-state index contributed by atoms with van der Waals surface area (Å²) in [6, 6.07) is 0. The van der Waals surface area contributed by atoms with Crippen molar-refractivity contribution in [3.63, 3.8) is 0 Å². The monoisotopic (exact) mass is 785 g/mol. The second-order valence-corrected chi connectivity index (χ2v) is 15.0. The molecule has 0 spiro atoms. The van der Waals surface area contributed by atoms with Gasteiger partial charge in [0.15, 0.2) is 0 Å². The molecule has 0 unspecified atom stereocenters. The fraction of sp³-hybridized carbons (Fsp3) is 1.00. The molecule has 0 fully saturated rings. The fourth-order valence-electron chi connectivity index (χ4n) is 6.06. The van der Waals surface area contributed by atoms with E-state index in [1.807, 2.05) is 0 Å². The van der Waals surface area contributed by atoms with Gasteiger partial charge in [-0.1, -0.05) is 261 Å². The van der Waals surface area contributed by atoms with Gasteiger partial charge in [0, 0.05) is 0 Å². The van der Waals surface area contributed by atoms with Crippen molar-refractivity contribution >= 4 is 0 Å². The molecule has 0 aromatic carbocycles. The Labute approximate surface area is 354 Å². The minimum absolute atomic E-state index is 0. The third-order valence-corrected chi connectivity index (χ3v) is 9.57. The summed E-state index contributed by atoms with van der Waals surface area (Å²) in [4.78, 5) is 0. The molecule has 0 heterocycles. The van der Waals surface area contributed by atoms with Crippen LogP contribution in [0.1, 0.15) is 261 Å². The summed E-state index contributed by atoms with van der Waals surface area (Å²) in [7, 11) is 0. The van der Waals surface area contributed by atoms with Crippen LogP contribution in [-0.2, 0) is 21.7 Å². The smallest absolute Gasteiger partial charge is 0.662 e. The number of hydrogen-bond donors (Lipinski definition) is 0. The van der Waals surface area contributed by atoms with E-state index >= 15 is 0 Å². The molecule has 0 aromatic heterocycles. The third-order valence-electron chi connectivity index (χ3n) is 9.57. The van der Waals surface area contributed by atoms with Gasteiger partial charge in [-0.3, -0.25) is 0 Å². The first-order valence-electron chi connectivity index (χ1n) is 24.2. The SMILES string of the molecule is CCCCCCCCCC[N-]CC.CCCCCCCCCC[N-]CC.CCCCCCCCCC[N-]CC.CCCCCCCCCC[N-]CC.[Ti+4]. The second kappa shape index (κ2) is 70.4. The maximum absolute atomic E-state index is 4.32. The number of nitrogens with zero attached hydrogens (tertiary/aromatic N) is 4. The Hall–Kier alpha value is 0.554. The van der Waals surface area contributed by atoms with E-state index in [9.17, 15) is 0 Å². The summed E-state index contributed by atoms with van der Waals surface area (Å²) in [5.74, 6) is 0. The topological polar surface area (TPSA) is 56.4 Å².